The Bertz CT molecular complexity index is 849. The first-order chi connectivity index (χ1) is 10.9. The van der Waals surface area contributed by atoms with Crippen LogP contribution in [0.1, 0.15) is 10.4 Å². The Kier molecular flexibility index (Phi) is 4.20. The number of likely N-dealkylation sites (tertiary alicyclic amines) is 1. The highest BCUT2D eigenvalue weighted by atomic mass is 79.9. The molecule has 120 valence electrons. The van der Waals surface area contributed by atoms with Crippen LogP contribution < -0.4 is 0 Å². The molecule has 1 amide bonds. The lowest BCUT2D eigenvalue weighted by atomic mass is 10.1. The molecule has 23 heavy (non-hydrogen) atoms. The minimum Gasteiger partial charge on any atom is -0.336 e. The zero-order chi connectivity index (χ0) is 16.6. The zero-order valence-corrected chi connectivity index (χ0v) is 14.2. The molecular weight excluding hydrogens is 387 g/mol. The summed E-state index contributed by atoms with van der Waals surface area (Å²) < 4.78 is 38.4. The number of amides is 1. The van der Waals surface area contributed by atoms with Crippen molar-refractivity contribution in [1.82, 2.24) is 9.88 Å². The lowest BCUT2D eigenvalue weighted by Crippen LogP contribution is -2.56. The fourth-order valence-corrected chi connectivity index (χ4v) is 4.35. The first-order valence-electron chi connectivity index (χ1n) is 6.77. The predicted octanol–water partition coefficient (Wildman–Crippen LogP) is 2.28. The molecule has 1 aromatic carbocycles. The quantitative estimate of drug-likeness (QED) is 0.743. The molecule has 3 rings (SSSR count). The number of aromatic nitrogens is 1. The first-order valence-corrected chi connectivity index (χ1v) is 9.11. The van der Waals surface area contributed by atoms with Crippen molar-refractivity contribution in [3.63, 3.8) is 0 Å². The summed E-state index contributed by atoms with van der Waals surface area (Å²) in [5, 5.41) is -0.669. The van der Waals surface area contributed by atoms with Crippen LogP contribution in [-0.2, 0) is 9.84 Å². The van der Waals surface area contributed by atoms with Gasteiger partial charge in [0.1, 0.15) is 11.1 Å². The van der Waals surface area contributed by atoms with E-state index in [0.29, 0.717) is 10.0 Å². The molecule has 0 N–H and O–H groups in total. The molecule has 0 spiro atoms. The summed E-state index contributed by atoms with van der Waals surface area (Å²) in [6.07, 6.45) is 3.00. The molecule has 0 aliphatic carbocycles. The van der Waals surface area contributed by atoms with Gasteiger partial charge in [-0.2, -0.15) is 0 Å². The molecule has 2 heterocycles. The molecule has 5 nitrogen and oxygen atoms in total. The van der Waals surface area contributed by atoms with Gasteiger partial charge in [-0.25, -0.2) is 12.8 Å². The van der Waals surface area contributed by atoms with E-state index in [9.17, 15) is 17.6 Å². The topological polar surface area (TPSA) is 67.3 Å². The van der Waals surface area contributed by atoms with Gasteiger partial charge < -0.3 is 4.90 Å². The maximum absolute atomic E-state index is 12.9. The fourth-order valence-electron chi connectivity index (χ4n) is 2.33. The Morgan fingerprint density at radius 2 is 1.87 bits per heavy atom. The largest absolute Gasteiger partial charge is 0.336 e. The molecule has 0 unspecified atom stereocenters. The van der Waals surface area contributed by atoms with Crippen LogP contribution in [0.5, 0.6) is 0 Å². The number of carbonyl (C=O) groups is 1. The van der Waals surface area contributed by atoms with E-state index in [1.54, 1.807) is 12.3 Å². The third kappa shape index (κ3) is 3.13. The van der Waals surface area contributed by atoms with E-state index in [2.05, 4.69) is 20.9 Å². The number of benzene rings is 1. The number of nitrogens with zero attached hydrogens (tertiary/aromatic N) is 2. The number of hydrogen-bond donors (Lipinski definition) is 0. The summed E-state index contributed by atoms with van der Waals surface area (Å²) in [4.78, 5) is 17.7. The Balaban J connectivity index is 1.71. The second-order valence-corrected chi connectivity index (χ2v) is 8.37. The lowest BCUT2D eigenvalue weighted by Gasteiger charge is -2.38. The number of pyridine rings is 1. The molecule has 1 fully saturated rings. The average molecular weight is 399 g/mol. The summed E-state index contributed by atoms with van der Waals surface area (Å²) in [5.74, 6) is -0.749. The standard InChI is InChI=1S/C15H12BrFN2O3S/c16-11-5-10(6-18-7-11)15(20)19-8-14(9-19)23(21,22)13-3-1-12(17)2-4-13/h1-7,14H,8-9H2. The lowest BCUT2D eigenvalue weighted by molar-refractivity contribution is 0.0658. The Morgan fingerprint density at radius 3 is 2.48 bits per heavy atom. The van der Waals surface area contributed by atoms with Crippen molar-refractivity contribution in [2.24, 2.45) is 0 Å². The van der Waals surface area contributed by atoms with E-state index in [0.717, 1.165) is 12.1 Å². The molecule has 2 aromatic rings. The fraction of sp³-hybridized carbons (Fsp3) is 0.200. The maximum atomic E-state index is 12.9. The average Bonchev–Trinajstić information content (AvgIpc) is 2.45. The van der Waals surface area contributed by atoms with E-state index >= 15 is 0 Å². The van der Waals surface area contributed by atoms with Crippen molar-refractivity contribution < 1.29 is 17.6 Å². The normalized spacial score (nSPS) is 15.3. The highest BCUT2D eigenvalue weighted by molar-refractivity contribution is 9.10. The van der Waals surface area contributed by atoms with Gasteiger partial charge >= 0.3 is 0 Å². The highest BCUT2D eigenvalue weighted by Crippen LogP contribution is 2.25. The van der Waals surface area contributed by atoms with Crippen LogP contribution in [0.4, 0.5) is 4.39 Å². The molecule has 1 aliphatic heterocycles. The smallest absolute Gasteiger partial charge is 0.255 e. The van der Waals surface area contributed by atoms with Crippen molar-refractivity contribution in [2.45, 2.75) is 10.1 Å². The number of rotatable bonds is 3. The molecule has 1 saturated heterocycles. The number of carbonyl (C=O) groups excluding carboxylic acids is 1. The number of sulfone groups is 1. The third-order valence-corrected chi connectivity index (χ3v) is 6.21. The highest BCUT2D eigenvalue weighted by Gasteiger charge is 2.40. The zero-order valence-electron chi connectivity index (χ0n) is 11.8. The van der Waals surface area contributed by atoms with Gasteiger partial charge in [0.25, 0.3) is 5.91 Å². The van der Waals surface area contributed by atoms with Crippen molar-refractivity contribution in [1.29, 1.82) is 0 Å². The van der Waals surface area contributed by atoms with E-state index in [1.807, 2.05) is 0 Å². The summed E-state index contributed by atoms with van der Waals surface area (Å²) in [7, 11) is -3.56. The molecule has 0 radical (unpaired) electrons. The minimum absolute atomic E-state index is 0.0696. The molecule has 0 saturated carbocycles. The van der Waals surface area contributed by atoms with E-state index < -0.39 is 20.9 Å². The Morgan fingerprint density at radius 1 is 1.22 bits per heavy atom. The van der Waals surface area contributed by atoms with Gasteiger partial charge in [0.15, 0.2) is 9.84 Å². The maximum Gasteiger partial charge on any atom is 0.255 e. The summed E-state index contributed by atoms with van der Waals surface area (Å²) >= 11 is 3.24. The van der Waals surface area contributed by atoms with Gasteiger partial charge in [0, 0.05) is 30.0 Å². The van der Waals surface area contributed by atoms with Crippen LogP contribution in [0, 0.1) is 5.82 Å². The van der Waals surface area contributed by atoms with Crippen LogP contribution in [0.25, 0.3) is 0 Å². The van der Waals surface area contributed by atoms with Gasteiger partial charge in [-0.15, -0.1) is 0 Å². The molecule has 1 aromatic heterocycles. The molecule has 8 heteroatoms. The Hall–Kier alpha value is -1.80. The Labute approximate surface area is 141 Å². The van der Waals surface area contributed by atoms with Gasteiger partial charge in [0.2, 0.25) is 0 Å². The van der Waals surface area contributed by atoms with Crippen LogP contribution in [0.3, 0.4) is 0 Å². The second-order valence-electron chi connectivity index (χ2n) is 5.22. The minimum atomic E-state index is -3.56. The van der Waals surface area contributed by atoms with E-state index in [4.69, 9.17) is 0 Å². The van der Waals surface area contributed by atoms with Crippen molar-refractivity contribution >= 4 is 31.7 Å². The summed E-state index contributed by atoms with van der Waals surface area (Å²) in [6.45, 7) is 0.232. The monoisotopic (exact) mass is 398 g/mol. The van der Waals surface area contributed by atoms with Crippen molar-refractivity contribution in [2.75, 3.05) is 13.1 Å². The number of halogens is 2. The summed E-state index contributed by atoms with van der Waals surface area (Å²) in [5.41, 5.74) is 0.400. The predicted molar refractivity (Wildman–Crippen MR) is 85.2 cm³/mol. The van der Waals surface area contributed by atoms with Crippen molar-refractivity contribution in [3.05, 3.63) is 58.6 Å². The first kappa shape index (κ1) is 16.1. The van der Waals surface area contributed by atoms with Crippen LogP contribution >= 0.6 is 15.9 Å². The van der Waals surface area contributed by atoms with E-state index in [-0.39, 0.29) is 23.9 Å². The van der Waals surface area contributed by atoms with E-state index in [1.165, 1.54) is 23.2 Å². The van der Waals surface area contributed by atoms with Gasteiger partial charge in [-0.3, -0.25) is 9.78 Å². The van der Waals surface area contributed by atoms with Crippen molar-refractivity contribution in [3.8, 4) is 0 Å². The third-order valence-electron chi connectivity index (χ3n) is 3.67. The van der Waals surface area contributed by atoms with Gasteiger partial charge in [-0.05, 0) is 46.3 Å². The summed E-state index contributed by atoms with van der Waals surface area (Å²) in [6, 6.07) is 6.35. The van der Waals surface area contributed by atoms with Gasteiger partial charge in [-0.1, -0.05) is 0 Å². The molecule has 0 bridgehead atoms. The SMILES string of the molecule is O=C(c1cncc(Br)c1)N1CC(S(=O)(=O)c2ccc(F)cc2)C1. The molecule has 1 aliphatic rings. The molecule has 0 atom stereocenters. The molecular formula is C15H12BrFN2O3S. The van der Waals surface area contributed by atoms with Crippen LogP contribution in [0.15, 0.2) is 52.1 Å². The van der Waals surface area contributed by atoms with Crippen LogP contribution in [-0.4, -0.2) is 42.5 Å². The van der Waals surface area contributed by atoms with Crippen LogP contribution in [0.2, 0.25) is 0 Å². The van der Waals surface area contributed by atoms with Gasteiger partial charge in [0.05, 0.1) is 10.5 Å². The second kappa shape index (κ2) is 6.01. The number of hydrogen-bond acceptors (Lipinski definition) is 4.